The number of sulfonamides is 1. The fourth-order valence-electron chi connectivity index (χ4n) is 2.42. The van der Waals surface area contributed by atoms with Gasteiger partial charge in [0.2, 0.25) is 10.0 Å². The van der Waals surface area contributed by atoms with Gasteiger partial charge in [-0.05, 0) is 37.8 Å². The minimum Gasteiger partial charge on any atom is -0.393 e. The summed E-state index contributed by atoms with van der Waals surface area (Å²) < 4.78 is 26.5. The van der Waals surface area contributed by atoms with Crippen LogP contribution in [0.5, 0.6) is 0 Å². The van der Waals surface area contributed by atoms with E-state index >= 15 is 0 Å². The lowest BCUT2D eigenvalue weighted by Gasteiger charge is -2.32. The molecule has 0 aromatic heterocycles. The van der Waals surface area contributed by atoms with Gasteiger partial charge in [-0.2, -0.15) is 4.31 Å². The molecule has 1 fully saturated rings. The van der Waals surface area contributed by atoms with Gasteiger partial charge in [0.25, 0.3) is 0 Å². The van der Waals surface area contributed by atoms with E-state index < -0.39 is 16.1 Å². The fraction of sp³-hybridized carbons (Fsp3) is 0.538. The van der Waals surface area contributed by atoms with Crippen LogP contribution in [-0.4, -0.2) is 37.0 Å². The molecule has 7 heteroatoms. The Balaban J connectivity index is 2.22. The lowest BCUT2D eigenvalue weighted by Crippen LogP contribution is -2.40. The van der Waals surface area contributed by atoms with E-state index in [1.165, 1.54) is 10.4 Å². The summed E-state index contributed by atoms with van der Waals surface area (Å²) in [5, 5.41) is 9.85. The fourth-order valence-corrected chi connectivity index (χ4v) is 4.63. The first-order valence-corrected chi connectivity index (χ1v) is 8.66. The van der Waals surface area contributed by atoms with Crippen molar-refractivity contribution in [2.24, 2.45) is 5.92 Å². The number of aliphatic hydroxyl groups is 1. The molecule has 2 rings (SSSR count). The Morgan fingerprint density at radius 2 is 1.90 bits per heavy atom. The molecule has 0 bridgehead atoms. The summed E-state index contributed by atoms with van der Waals surface area (Å²) in [5.74, 6) is 0.149. The Bertz CT molecular complexity index is 581. The molecule has 1 aromatic rings. The molecule has 0 saturated carbocycles. The number of aliphatic hydroxyl groups excluding tert-OH is 1. The van der Waals surface area contributed by atoms with Crippen LogP contribution in [0.15, 0.2) is 23.1 Å². The SMILES string of the molecule is CC(O)C1CCN(S(=O)(=O)c2cccc(Cl)c2Cl)CC1. The number of hydrogen-bond acceptors (Lipinski definition) is 3. The number of benzene rings is 1. The summed E-state index contributed by atoms with van der Waals surface area (Å²) in [7, 11) is -3.63. The van der Waals surface area contributed by atoms with E-state index in [4.69, 9.17) is 23.2 Å². The average molecular weight is 338 g/mol. The van der Waals surface area contributed by atoms with Crippen molar-refractivity contribution in [3.63, 3.8) is 0 Å². The minimum atomic E-state index is -3.63. The second kappa shape index (κ2) is 6.20. The van der Waals surface area contributed by atoms with E-state index in [1.54, 1.807) is 19.1 Å². The summed E-state index contributed by atoms with van der Waals surface area (Å²) in [5.41, 5.74) is 0. The normalized spacial score (nSPS) is 20.0. The molecule has 112 valence electrons. The van der Waals surface area contributed by atoms with Crippen molar-refractivity contribution in [3.05, 3.63) is 28.2 Å². The molecule has 1 aliphatic heterocycles. The highest BCUT2D eigenvalue weighted by molar-refractivity contribution is 7.89. The molecular weight excluding hydrogens is 321 g/mol. The van der Waals surface area contributed by atoms with Crippen LogP contribution >= 0.6 is 23.2 Å². The maximum absolute atomic E-state index is 12.6. The Labute approximate surface area is 129 Å². The molecule has 1 saturated heterocycles. The van der Waals surface area contributed by atoms with Gasteiger partial charge in [-0.1, -0.05) is 29.3 Å². The van der Waals surface area contributed by atoms with Gasteiger partial charge in [-0.3, -0.25) is 0 Å². The number of nitrogens with zero attached hydrogens (tertiary/aromatic N) is 1. The molecule has 1 N–H and O–H groups in total. The van der Waals surface area contributed by atoms with Crippen LogP contribution in [0, 0.1) is 5.92 Å². The number of piperidine rings is 1. The third kappa shape index (κ3) is 3.12. The smallest absolute Gasteiger partial charge is 0.244 e. The Kier molecular flexibility index (Phi) is 4.97. The maximum atomic E-state index is 12.6. The van der Waals surface area contributed by atoms with Gasteiger partial charge in [-0.25, -0.2) is 8.42 Å². The van der Waals surface area contributed by atoms with E-state index in [0.717, 1.165) is 0 Å². The van der Waals surface area contributed by atoms with Crippen molar-refractivity contribution >= 4 is 33.2 Å². The molecule has 1 aromatic carbocycles. The zero-order chi connectivity index (χ0) is 14.9. The minimum absolute atomic E-state index is 0.0437. The molecule has 4 nitrogen and oxygen atoms in total. The average Bonchev–Trinajstić information content (AvgIpc) is 2.41. The van der Waals surface area contributed by atoms with E-state index in [1.807, 2.05) is 0 Å². The van der Waals surface area contributed by atoms with Crippen molar-refractivity contribution in [3.8, 4) is 0 Å². The Morgan fingerprint density at radius 1 is 1.30 bits per heavy atom. The van der Waals surface area contributed by atoms with Crippen molar-refractivity contribution < 1.29 is 13.5 Å². The van der Waals surface area contributed by atoms with Gasteiger partial charge in [0, 0.05) is 13.1 Å². The van der Waals surface area contributed by atoms with Crippen LogP contribution < -0.4 is 0 Å². The van der Waals surface area contributed by atoms with Gasteiger partial charge >= 0.3 is 0 Å². The van der Waals surface area contributed by atoms with Crippen molar-refractivity contribution in [2.45, 2.75) is 30.8 Å². The molecule has 0 spiro atoms. The predicted molar refractivity (Wildman–Crippen MR) is 79.6 cm³/mol. The summed E-state index contributed by atoms with van der Waals surface area (Å²) in [6.07, 6.45) is 0.888. The second-order valence-electron chi connectivity index (χ2n) is 5.03. The summed E-state index contributed by atoms with van der Waals surface area (Å²) >= 11 is 11.9. The van der Waals surface area contributed by atoms with Crippen LogP contribution in [-0.2, 0) is 10.0 Å². The maximum Gasteiger partial charge on any atom is 0.244 e. The van der Waals surface area contributed by atoms with Gasteiger partial charge in [0.05, 0.1) is 16.1 Å². The number of rotatable bonds is 3. The van der Waals surface area contributed by atoms with Crippen LogP contribution in [0.1, 0.15) is 19.8 Å². The molecule has 0 amide bonds. The van der Waals surface area contributed by atoms with Crippen molar-refractivity contribution in [1.82, 2.24) is 4.31 Å². The van der Waals surface area contributed by atoms with Gasteiger partial charge in [-0.15, -0.1) is 0 Å². The molecule has 1 unspecified atom stereocenters. The highest BCUT2D eigenvalue weighted by atomic mass is 35.5. The Hall–Kier alpha value is -0.330. The predicted octanol–water partition coefficient (Wildman–Crippen LogP) is 2.77. The quantitative estimate of drug-likeness (QED) is 0.922. The highest BCUT2D eigenvalue weighted by Gasteiger charge is 2.32. The molecule has 1 atom stereocenters. The van der Waals surface area contributed by atoms with Crippen LogP contribution in [0.2, 0.25) is 10.0 Å². The first-order chi connectivity index (χ1) is 9.34. The summed E-state index contributed by atoms with van der Waals surface area (Å²) in [6.45, 7) is 2.52. The van der Waals surface area contributed by atoms with Crippen LogP contribution in [0.4, 0.5) is 0 Å². The van der Waals surface area contributed by atoms with Gasteiger partial charge in [0.1, 0.15) is 4.90 Å². The first-order valence-electron chi connectivity index (χ1n) is 6.46. The monoisotopic (exact) mass is 337 g/mol. The molecular formula is C13H17Cl2NO3S. The largest absolute Gasteiger partial charge is 0.393 e. The van der Waals surface area contributed by atoms with Crippen molar-refractivity contribution in [1.29, 1.82) is 0 Å². The van der Waals surface area contributed by atoms with Gasteiger partial charge < -0.3 is 5.11 Å². The number of halogens is 2. The van der Waals surface area contributed by atoms with E-state index in [-0.39, 0.29) is 20.9 Å². The molecule has 1 aliphatic rings. The standard InChI is InChI=1S/C13H17Cl2NO3S/c1-9(17)10-5-7-16(8-6-10)20(18,19)12-4-2-3-11(14)13(12)15/h2-4,9-10,17H,5-8H2,1H3. The van der Waals surface area contributed by atoms with Crippen LogP contribution in [0.25, 0.3) is 0 Å². The lowest BCUT2D eigenvalue weighted by molar-refractivity contribution is 0.0912. The van der Waals surface area contributed by atoms with Gasteiger partial charge in [0.15, 0.2) is 0 Å². The zero-order valence-corrected chi connectivity index (χ0v) is 13.4. The molecule has 20 heavy (non-hydrogen) atoms. The lowest BCUT2D eigenvalue weighted by atomic mass is 9.93. The Morgan fingerprint density at radius 3 is 2.45 bits per heavy atom. The highest BCUT2D eigenvalue weighted by Crippen LogP contribution is 2.32. The van der Waals surface area contributed by atoms with E-state index in [9.17, 15) is 13.5 Å². The molecule has 0 radical (unpaired) electrons. The zero-order valence-electron chi connectivity index (χ0n) is 11.1. The second-order valence-corrected chi connectivity index (χ2v) is 7.73. The van der Waals surface area contributed by atoms with E-state index in [0.29, 0.717) is 25.9 Å². The number of hydrogen-bond donors (Lipinski definition) is 1. The van der Waals surface area contributed by atoms with Crippen LogP contribution in [0.3, 0.4) is 0 Å². The third-order valence-electron chi connectivity index (χ3n) is 3.71. The molecule has 1 heterocycles. The summed E-state index contributed by atoms with van der Waals surface area (Å²) in [4.78, 5) is 0.0437. The topological polar surface area (TPSA) is 57.6 Å². The van der Waals surface area contributed by atoms with Crippen molar-refractivity contribution in [2.75, 3.05) is 13.1 Å². The summed E-state index contributed by atoms with van der Waals surface area (Å²) in [6, 6.07) is 4.59. The third-order valence-corrected chi connectivity index (χ3v) is 6.59. The molecule has 0 aliphatic carbocycles. The van der Waals surface area contributed by atoms with E-state index in [2.05, 4.69) is 0 Å². The first kappa shape index (κ1) is 16.0.